The molecular weight excluding hydrogens is 516 g/mol. The van der Waals surface area contributed by atoms with Gasteiger partial charge < -0.3 is 25.8 Å². The Bertz CT molecular complexity index is 1460. The number of allylic oxidation sites excluding steroid dienone is 1. The minimum absolute atomic E-state index is 0.0692. The van der Waals surface area contributed by atoms with E-state index in [9.17, 15) is 27.2 Å². The third kappa shape index (κ3) is 4.99. The maximum atomic E-state index is 14.2. The molecule has 3 heterocycles. The second-order valence-electron chi connectivity index (χ2n) is 9.91. The van der Waals surface area contributed by atoms with Crippen molar-refractivity contribution in [2.45, 2.75) is 25.9 Å². The molecule has 0 aromatic heterocycles. The Morgan fingerprint density at radius 3 is 2.36 bits per heavy atom. The van der Waals surface area contributed by atoms with Crippen LogP contribution in [0.5, 0.6) is 0 Å². The lowest BCUT2D eigenvalue weighted by atomic mass is 10.0. The number of fused-ring (bicyclic) bond motifs is 2. The third-order valence-electron chi connectivity index (χ3n) is 6.71. The molecule has 0 bridgehead atoms. The molecule has 0 fully saturated rings. The highest BCUT2D eigenvalue weighted by Gasteiger charge is 2.32. The van der Waals surface area contributed by atoms with Crippen LogP contribution in [0.1, 0.15) is 28.4 Å². The molecule has 0 unspecified atom stereocenters. The van der Waals surface area contributed by atoms with E-state index in [0.717, 1.165) is 12.1 Å². The predicted octanol–water partition coefficient (Wildman–Crippen LogP) is 3.53. The molecule has 2 amide bonds. The van der Waals surface area contributed by atoms with Gasteiger partial charge in [0.2, 0.25) is 0 Å². The van der Waals surface area contributed by atoms with Crippen molar-refractivity contribution < 1.29 is 27.2 Å². The number of likely N-dealkylation sites (N-methyl/N-ethyl adjacent to an activating group) is 1. The van der Waals surface area contributed by atoms with Crippen LogP contribution in [0.25, 0.3) is 0 Å². The van der Waals surface area contributed by atoms with Gasteiger partial charge in [-0.15, -0.1) is 0 Å². The summed E-state index contributed by atoms with van der Waals surface area (Å²) in [6.45, 7) is 3.33. The summed E-state index contributed by atoms with van der Waals surface area (Å²) in [6, 6.07) is 2.92. The molecule has 3 aliphatic rings. The van der Waals surface area contributed by atoms with Gasteiger partial charge in [-0.3, -0.25) is 14.6 Å². The first-order valence-electron chi connectivity index (χ1n) is 12.3. The summed E-state index contributed by atoms with van der Waals surface area (Å²) in [5.74, 6) is -6.19. The van der Waals surface area contributed by atoms with Crippen LogP contribution in [-0.2, 0) is 17.8 Å². The Balaban J connectivity index is 1.41. The lowest BCUT2D eigenvalue weighted by molar-refractivity contribution is -0.116. The molecule has 0 saturated carbocycles. The zero-order valence-corrected chi connectivity index (χ0v) is 21.5. The average molecular weight is 543 g/mol. The van der Waals surface area contributed by atoms with Gasteiger partial charge >= 0.3 is 0 Å². The summed E-state index contributed by atoms with van der Waals surface area (Å²) in [7, 11) is 3.88. The molecule has 0 saturated heterocycles. The molecule has 204 valence electrons. The van der Waals surface area contributed by atoms with Gasteiger partial charge in [-0.2, -0.15) is 0 Å². The van der Waals surface area contributed by atoms with Crippen LogP contribution in [0, 0.1) is 23.3 Å². The number of carbonyl (C=O) groups is 2. The van der Waals surface area contributed by atoms with Gasteiger partial charge in [0.1, 0.15) is 11.4 Å². The quantitative estimate of drug-likeness (QED) is 0.295. The predicted molar refractivity (Wildman–Crippen MR) is 138 cm³/mol. The molecule has 3 aliphatic heterocycles. The molecule has 2 aromatic carbocycles. The molecular formula is C27H26F4N6O2. The topological polar surface area (TPSA) is 89.1 Å². The summed E-state index contributed by atoms with van der Waals surface area (Å²) in [5.41, 5.74) is 2.29. The largest absolute Gasteiger partial charge is 0.339 e. The van der Waals surface area contributed by atoms with Crippen molar-refractivity contribution in [3.05, 3.63) is 81.8 Å². The van der Waals surface area contributed by atoms with Crippen molar-refractivity contribution in [3.63, 3.8) is 0 Å². The molecule has 3 N–H and O–H groups in total. The molecule has 0 spiro atoms. The Morgan fingerprint density at radius 2 is 1.69 bits per heavy atom. The van der Waals surface area contributed by atoms with E-state index in [-0.39, 0.29) is 23.3 Å². The maximum Gasteiger partial charge on any atom is 0.261 e. The highest BCUT2D eigenvalue weighted by molar-refractivity contribution is 6.29. The highest BCUT2D eigenvalue weighted by atomic mass is 19.2. The van der Waals surface area contributed by atoms with Crippen LogP contribution >= 0.6 is 0 Å². The zero-order valence-electron chi connectivity index (χ0n) is 21.5. The Kier molecular flexibility index (Phi) is 6.89. The van der Waals surface area contributed by atoms with Crippen LogP contribution in [0.15, 0.2) is 46.9 Å². The lowest BCUT2D eigenvalue weighted by Gasteiger charge is -2.18. The first-order valence-corrected chi connectivity index (χ1v) is 12.3. The van der Waals surface area contributed by atoms with E-state index in [0.29, 0.717) is 35.8 Å². The van der Waals surface area contributed by atoms with E-state index in [1.807, 2.05) is 25.1 Å². The number of hydrogen-bond acceptors (Lipinski definition) is 6. The first kappa shape index (κ1) is 26.4. The van der Waals surface area contributed by atoms with E-state index in [1.54, 1.807) is 11.0 Å². The van der Waals surface area contributed by atoms with Crippen molar-refractivity contribution in [1.82, 2.24) is 15.1 Å². The van der Waals surface area contributed by atoms with Crippen LogP contribution in [0.2, 0.25) is 0 Å². The Morgan fingerprint density at radius 1 is 1.03 bits per heavy atom. The number of aliphatic imine (C=N–C) groups is 1. The van der Waals surface area contributed by atoms with Gasteiger partial charge in [-0.25, -0.2) is 17.6 Å². The normalized spacial score (nSPS) is 19.8. The highest BCUT2D eigenvalue weighted by Crippen LogP contribution is 2.38. The molecule has 8 nitrogen and oxygen atoms in total. The van der Waals surface area contributed by atoms with Gasteiger partial charge in [-0.1, -0.05) is 0 Å². The van der Waals surface area contributed by atoms with Gasteiger partial charge in [0.05, 0.1) is 23.1 Å². The smallest absolute Gasteiger partial charge is 0.261 e. The molecule has 1 atom stereocenters. The van der Waals surface area contributed by atoms with Crippen molar-refractivity contribution in [2.75, 3.05) is 37.8 Å². The number of amides is 2. The van der Waals surface area contributed by atoms with E-state index >= 15 is 0 Å². The van der Waals surface area contributed by atoms with Crippen LogP contribution in [0.3, 0.4) is 0 Å². The molecule has 0 aliphatic carbocycles. The van der Waals surface area contributed by atoms with E-state index in [1.165, 1.54) is 19.2 Å². The second-order valence-corrected chi connectivity index (χ2v) is 9.91. The fourth-order valence-electron chi connectivity index (χ4n) is 4.75. The number of halogens is 4. The number of nitrogens with one attached hydrogen (secondary N) is 3. The fourth-order valence-corrected chi connectivity index (χ4v) is 4.75. The van der Waals surface area contributed by atoms with Gasteiger partial charge in [0.25, 0.3) is 11.8 Å². The summed E-state index contributed by atoms with van der Waals surface area (Å²) in [6.07, 6.45) is 2.45. The number of carbonyl (C=O) groups excluding carboxylic acids is 2. The number of anilines is 2. The summed E-state index contributed by atoms with van der Waals surface area (Å²) in [5, 5.41) is 8.88. The van der Waals surface area contributed by atoms with E-state index in [4.69, 9.17) is 0 Å². The SMILES string of the molecule is C[C@@H](Cc1c(F)c(F)cc(F)c1F)/N=C1\C=CNC(=O)\C1=C1\Nc2cc3c(cc2N1)C(=O)N(CCN(C)C)C3. The van der Waals surface area contributed by atoms with Gasteiger partial charge in [-0.05, 0) is 44.8 Å². The minimum atomic E-state index is -1.49. The second kappa shape index (κ2) is 10.2. The zero-order chi connectivity index (χ0) is 28.0. The summed E-state index contributed by atoms with van der Waals surface area (Å²) >= 11 is 0. The van der Waals surface area contributed by atoms with Crippen molar-refractivity contribution >= 4 is 28.9 Å². The molecule has 2 aromatic rings. The molecule has 5 rings (SSSR count). The van der Waals surface area contributed by atoms with Crippen LogP contribution in [0.4, 0.5) is 28.9 Å². The van der Waals surface area contributed by atoms with E-state index in [2.05, 4.69) is 20.9 Å². The first-order chi connectivity index (χ1) is 18.5. The number of hydrogen-bond donors (Lipinski definition) is 3. The Labute approximate surface area is 222 Å². The number of benzene rings is 2. The van der Waals surface area contributed by atoms with Gasteiger partial charge in [0, 0.05) is 49.4 Å². The molecule has 12 heteroatoms. The lowest BCUT2D eigenvalue weighted by Crippen LogP contribution is -2.32. The van der Waals surface area contributed by atoms with E-state index < -0.39 is 47.2 Å². The van der Waals surface area contributed by atoms with Crippen molar-refractivity contribution in [3.8, 4) is 0 Å². The maximum absolute atomic E-state index is 14.2. The van der Waals surface area contributed by atoms with Crippen molar-refractivity contribution in [2.24, 2.45) is 4.99 Å². The Hall–Kier alpha value is -4.19. The minimum Gasteiger partial charge on any atom is -0.339 e. The van der Waals surface area contributed by atoms with Crippen LogP contribution in [-0.4, -0.2) is 60.6 Å². The third-order valence-corrected chi connectivity index (χ3v) is 6.71. The summed E-state index contributed by atoms with van der Waals surface area (Å²) in [4.78, 5) is 34.0. The summed E-state index contributed by atoms with van der Waals surface area (Å²) < 4.78 is 55.7. The molecule has 0 radical (unpaired) electrons. The fraction of sp³-hybridized carbons (Fsp3) is 0.296. The van der Waals surface area contributed by atoms with Crippen LogP contribution < -0.4 is 16.0 Å². The monoisotopic (exact) mass is 542 g/mol. The number of rotatable bonds is 6. The van der Waals surface area contributed by atoms with Crippen molar-refractivity contribution in [1.29, 1.82) is 0 Å². The average Bonchev–Trinajstić information content (AvgIpc) is 3.42. The molecule has 39 heavy (non-hydrogen) atoms. The van der Waals surface area contributed by atoms with Gasteiger partial charge in [0.15, 0.2) is 23.3 Å². The standard InChI is InChI=1S/C27H26F4N6O2/c1-13(8-16-23(30)17(28)11-18(29)24(16)31)33-19-4-5-32-26(38)22(19)25-34-20-9-14-12-37(7-6-36(2)3)27(39)15(14)10-21(20)35-25/h4-5,9-11,13,34-35H,6-8,12H2,1-3H3,(H,32,38)/b25-22-,33-19+/t13-/m0/s1. The number of nitrogens with zero attached hydrogens (tertiary/aromatic N) is 3.